The fourth-order valence-corrected chi connectivity index (χ4v) is 0.772. The molecule has 0 saturated carbocycles. The summed E-state index contributed by atoms with van der Waals surface area (Å²) in [6.07, 6.45) is 0. The highest BCUT2D eigenvalue weighted by atomic mass is 35.5. The summed E-state index contributed by atoms with van der Waals surface area (Å²) in [5.74, 6) is -1.06. The van der Waals surface area contributed by atoms with Crippen LogP contribution in [0, 0.1) is 18.6 Å². The minimum Gasteiger partial charge on any atom is -0.207 e. The Balaban J connectivity index is 0.000000561. The summed E-state index contributed by atoms with van der Waals surface area (Å²) >= 11 is 5.27. The van der Waals surface area contributed by atoms with Crippen molar-refractivity contribution in [3.05, 3.63) is 34.4 Å². The molecule has 0 unspecified atom stereocenters. The zero-order valence-electron chi connectivity index (χ0n) is 7.29. The summed E-state index contributed by atoms with van der Waals surface area (Å²) < 4.78 is 25.0. The van der Waals surface area contributed by atoms with Crippen molar-refractivity contribution in [2.24, 2.45) is 0 Å². The van der Waals surface area contributed by atoms with E-state index in [4.69, 9.17) is 11.6 Å². The summed E-state index contributed by atoms with van der Waals surface area (Å²) in [7, 11) is 0. The standard InChI is InChI=1S/C7H5ClF2.C2H6/c1-4-2-7(10)5(8)3-6(4)9;1-2/h2-3H,1H3;1-2H3. The molecule has 0 radical (unpaired) electrons. The lowest BCUT2D eigenvalue weighted by Gasteiger charge is -1.96. The predicted molar refractivity (Wildman–Crippen MR) is 47.5 cm³/mol. The van der Waals surface area contributed by atoms with E-state index in [0.29, 0.717) is 0 Å². The Kier molecular flexibility index (Phi) is 4.83. The first-order valence-electron chi connectivity index (χ1n) is 3.72. The molecule has 0 nitrogen and oxygen atoms in total. The van der Waals surface area contributed by atoms with Crippen LogP contribution in [0.1, 0.15) is 19.4 Å². The molecular weight excluding hydrogens is 182 g/mol. The van der Waals surface area contributed by atoms with Gasteiger partial charge in [-0.1, -0.05) is 25.4 Å². The highest BCUT2D eigenvalue weighted by Crippen LogP contribution is 2.17. The van der Waals surface area contributed by atoms with Crippen molar-refractivity contribution < 1.29 is 8.78 Å². The first-order valence-corrected chi connectivity index (χ1v) is 4.10. The van der Waals surface area contributed by atoms with E-state index in [0.717, 1.165) is 12.1 Å². The van der Waals surface area contributed by atoms with Crippen molar-refractivity contribution in [2.75, 3.05) is 0 Å². The Morgan fingerprint density at radius 2 is 1.58 bits per heavy atom. The molecule has 12 heavy (non-hydrogen) atoms. The molecule has 0 aliphatic rings. The summed E-state index contributed by atoms with van der Waals surface area (Å²) in [6, 6.07) is 2.03. The van der Waals surface area contributed by atoms with Gasteiger partial charge in [-0.2, -0.15) is 0 Å². The molecule has 0 bridgehead atoms. The first kappa shape index (κ1) is 11.4. The Labute approximate surface area is 76.2 Å². The van der Waals surface area contributed by atoms with Gasteiger partial charge in [-0.3, -0.25) is 0 Å². The van der Waals surface area contributed by atoms with Crippen LogP contribution < -0.4 is 0 Å². The summed E-state index contributed by atoms with van der Waals surface area (Å²) in [6.45, 7) is 5.48. The van der Waals surface area contributed by atoms with E-state index in [9.17, 15) is 8.78 Å². The van der Waals surface area contributed by atoms with Crippen molar-refractivity contribution in [3.8, 4) is 0 Å². The van der Waals surface area contributed by atoms with Gasteiger partial charge < -0.3 is 0 Å². The molecule has 0 heterocycles. The highest BCUT2D eigenvalue weighted by molar-refractivity contribution is 6.30. The van der Waals surface area contributed by atoms with Crippen LogP contribution in [0.25, 0.3) is 0 Å². The summed E-state index contributed by atoms with van der Waals surface area (Å²) in [4.78, 5) is 0. The van der Waals surface area contributed by atoms with Crippen LogP contribution in [0.2, 0.25) is 5.02 Å². The lowest BCUT2D eigenvalue weighted by atomic mass is 10.2. The van der Waals surface area contributed by atoms with E-state index in [1.807, 2.05) is 13.8 Å². The van der Waals surface area contributed by atoms with Gasteiger partial charge in [0.25, 0.3) is 0 Å². The monoisotopic (exact) mass is 192 g/mol. The van der Waals surface area contributed by atoms with Crippen LogP contribution in [0.3, 0.4) is 0 Å². The molecule has 1 aromatic rings. The quantitative estimate of drug-likeness (QED) is 0.546. The van der Waals surface area contributed by atoms with Crippen LogP contribution >= 0.6 is 11.6 Å². The second-order valence-electron chi connectivity index (χ2n) is 2.02. The van der Waals surface area contributed by atoms with Crippen molar-refractivity contribution in [2.45, 2.75) is 20.8 Å². The van der Waals surface area contributed by atoms with Crippen molar-refractivity contribution >= 4 is 11.6 Å². The predicted octanol–water partition coefficient (Wildman–Crippen LogP) is 3.95. The smallest absolute Gasteiger partial charge is 0.142 e. The number of aryl methyl sites for hydroxylation is 1. The number of benzene rings is 1. The lowest BCUT2D eigenvalue weighted by molar-refractivity contribution is 0.593. The van der Waals surface area contributed by atoms with Crippen LogP contribution in [0.5, 0.6) is 0 Å². The third kappa shape index (κ3) is 2.78. The van der Waals surface area contributed by atoms with Crippen LogP contribution in [0.4, 0.5) is 8.78 Å². The van der Waals surface area contributed by atoms with E-state index in [1.165, 1.54) is 6.92 Å². The van der Waals surface area contributed by atoms with Gasteiger partial charge in [0.2, 0.25) is 0 Å². The third-order valence-electron chi connectivity index (χ3n) is 1.20. The van der Waals surface area contributed by atoms with E-state index < -0.39 is 11.6 Å². The Morgan fingerprint density at radius 1 is 1.08 bits per heavy atom. The van der Waals surface area contributed by atoms with Crippen LogP contribution in [-0.4, -0.2) is 0 Å². The fourth-order valence-electron chi connectivity index (χ4n) is 0.622. The molecular formula is C9H11ClF2. The van der Waals surface area contributed by atoms with Gasteiger partial charge in [0, 0.05) is 0 Å². The minimum absolute atomic E-state index is 0.178. The maximum atomic E-state index is 12.5. The summed E-state index contributed by atoms with van der Waals surface area (Å²) in [5.41, 5.74) is 0.266. The molecule has 0 spiro atoms. The largest absolute Gasteiger partial charge is 0.207 e. The fraction of sp³-hybridized carbons (Fsp3) is 0.333. The van der Waals surface area contributed by atoms with E-state index >= 15 is 0 Å². The van der Waals surface area contributed by atoms with Gasteiger partial charge in [0.05, 0.1) is 5.02 Å². The molecule has 3 heteroatoms. The molecule has 1 aromatic carbocycles. The Bertz CT molecular complexity index is 209. The maximum absolute atomic E-state index is 12.5. The second-order valence-corrected chi connectivity index (χ2v) is 2.42. The lowest BCUT2D eigenvalue weighted by Crippen LogP contribution is -1.84. The Morgan fingerprint density at radius 3 is 2.00 bits per heavy atom. The molecule has 68 valence electrons. The van der Waals surface area contributed by atoms with Gasteiger partial charge in [-0.15, -0.1) is 0 Å². The van der Waals surface area contributed by atoms with Crippen molar-refractivity contribution in [1.29, 1.82) is 0 Å². The molecule has 1 rings (SSSR count). The minimum atomic E-state index is -0.583. The normalized spacial score (nSPS) is 8.83. The number of halogens is 3. The SMILES string of the molecule is CC.Cc1cc(F)c(Cl)cc1F. The van der Waals surface area contributed by atoms with Gasteiger partial charge in [0.1, 0.15) is 11.6 Å². The molecule has 0 amide bonds. The zero-order valence-corrected chi connectivity index (χ0v) is 8.04. The number of rotatable bonds is 0. The maximum Gasteiger partial charge on any atom is 0.142 e. The van der Waals surface area contributed by atoms with Gasteiger partial charge >= 0.3 is 0 Å². The molecule has 0 N–H and O–H groups in total. The molecule has 0 fully saturated rings. The van der Waals surface area contributed by atoms with Crippen LogP contribution in [-0.2, 0) is 0 Å². The highest BCUT2D eigenvalue weighted by Gasteiger charge is 2.03. The van der Waals surface area contributed by atoms with E-state index in [-0.39, 0.29) is 10.6 Å². The average molecular weight is 193 g/mol. The average Bonchev–Trinajstić information content (AvgIpc) is 2.05. The molecule has 0 saturated heterocycles. The molecule has 0 aliphatic heterocycles. The topological polar surface area (TPSA) is 0 Å². The van der Waals surface area contributed by atoms with Crippen molar-refractivity contribution in [1.82, 2.24) is 0 Å². The van der Waals surface area contributed by atoms with Gasteiger partial charge in [-0.05, 0) is 24.6 Å². The Hall–Kier alpha value is -0.630. The summed E-state index contributed by atoms with van der Waals surface area (Å²) in [5, 5.41) is -0.178. The van der Waals surface area contributed by atoms with Crippen LogP contribution in [0.15, 0.2) is 12.1 Å². The number of hydrogen-bond donors (Lipinski definition) is 0. The molecule has 0 aliphatic carbocycles. The molecule has 0 atom stereocenters. The number of hydrogen-bond acceptors (Lipinski definition) is 0. The zero-order chi connectivity index (χ0) is 9.72. The van der Waals surface area contributed by atoms with E-state index in [2.05, 4.69) is 0 Å². The van der Waals surface area contributed by atoms with Gasteiger partial charge in [-0.25, -0.2) is 8.78 Å². The van der Waals surface area contributed by atoms with Crippen molar-refractivity contribution in [3.63, 3.8) is 0 Å². The second kappa shape index (κ2) is 5.09. The van der Waals surface area contributed by atoms with E-state index in [1.54, 1.807) is 0 Å². The third-order valence-corrected chi connectivity index (χ3v) is 1.49. The first-order chi connectivity index (χ1) is 5.61. The molecule has 0 aromatic heterocycles. The van der Waals surface area contributed by atoms with Gasteiger partial charge in [0.15, 0.2) is 0 Å².